The fraction of sp³-hybridized carbons (Fsp3) is 0.333. The van der Waals surface area contributed by atoms with Gasteiger partial charge in [0.15, 0.2) is 14.7 Å². The molecule has 6 nitrogen and oxygen atoms in total. The van der Waals surface area contributed by atoms with E-state index in [1.807, 2.05) is 12.1 Å². The third-order valence-electron chi connectivity index (χ3n) is 5.71. The van der Waals surface area contributed by atoms with Gasteiger partial charge in [-0.2, -0.15) is 0 Å². The number of carbonyl (C=O) groups is 2. The Labute approximate surface area is 175 Å². The fourth-order valence-electron chi connectivity index (χ4n) is 4.26. The van der Waals surface area contributed by atoms with Gasteiger partial charge in [-0.1, -0.05) is 41.9 Å². The summed E-state index contributed by atoms with van der Waals surface area (Å²) >= 11 is 5.99. The van der Waals surface area contributed by atoms with Crippen LogP contribution in [0.3, 0.4) is 0 Å². The van der Waals surface area contributed by atoms with Crippen LogP contribution < -0.4 is 4.90 Å². The first-order valence-electron chi connectivity index (χ1n) is 9.45. The number of rotatable bonds is 3. The Balaban J connectivity index is 1.54. The number of sulfone groups is 1. The summed E-state index contributed by atoms with van der Waals surface area (Å²) < 4.78 is 25.9. The van der Waals surface area contributed by atoms with Crippen LogP contribution in [-0.4, -0.2) is 48.8 Å². The van der Waals surface area contributed by atoms with Gasteiger partial charge in [-0.3, -0.25) is 14.5 Å². The van der Waals surface area contributed by atoms with Gasteiger partial charge in [-0.05, 0) is 29.8 Å². The topological polar surface area (TPSA) is 74.8 Å². The molecule has 1 spiro atoms. The molecule has 152 valence electrons. The molecule has 0 N–H and O–H groups in total. The minimum absolute atomic E-state index is 0.0740. The Bertz CT molecular complexity index is 1050. The maximum absolute atomic E-state index is 13.0. The smallest absolute Gasteiger partial charge is 0.243 e. The highest BCUT2D eigenvalue weighted by atomic mass is 35.5. The molecular formula is C21H21ClN2O4S. The van der Waals surface area contributed by atoms with E-state index >= 15 is 0 Å². The molecule has 0 radical (unpaired) electrons. The number of anilines is 1. The van der Waals surface area contributed by atoms with E-state index in [-0.39, 0.29) is 38.3 Å². The van der Waals surface area contributed by atoms with E-state index < -0.39 is 26.4 Å². The second-order valence-corrected chi connectivity index (χ2v) is 10.2. The van der Waals surface area contributed by atoms with E-state index in [2.05, 4.69) is 0 Å². The third-order valence-corrected chi connectivity index (χ3v) is 8.32. The van der Waals surface area contributed by atoms with Gasteiger partial charge in [0, 0.05) is 36.6 Å². The van der Waals surface area contributed by atoms with Crippen molar-refractivity contribution in [2.75, 3.05) is 23.7 Å². The van der Waals surface area contributed by atoms with Gasteiger partial charge in [0.1, 0.15) is 5.75 Å². The van der Waals surface area contributed by atoms with Gasteiger partial charge in [0.2, 0.25) is 11.8 Å². The van der Waals surface area contributed by atoms with Crippen molar-refractivity contribution in [2.45, 2.75) is 24.1 Å². The van der Waals surface area contributed by atoms with Crippen LogP contribution in [-0.2, 0) is 25.8 Å². The van der Waals surface area contributed by atoms with Crippen LogP contribution in [0.25, 0.3) is 0 Å². The largest absolute Gasteiger partial charge is 0.342 e. The first-order chi connectivity index (χ1) is 13.8. The van der Waals surface area contributed by atoms with E-state index in [1.54, 1.807) is 47.4 Å². The number of hydrogen-bond acceptors (Lipinski definition) is 4. The first kappa shape index (κ1) is 19.9. The Morgan fingerprint density at radius 3 is 2.38 bits per heavy atom. The second kappa shape index (κ2) is 7.46. The molecule has 0 unspecified atom stereocenters. The summed E-state index contributed by atoms with van der Waals surface area (Å²) in [7, 11) is -3.65. The summed E-state index contributed by atoms with van der Waals surface area (Å²) in [5, 5.41) is 0.571. The molecule has 2 aliphatic heterocycles. The minimum atomic E-state index is -3.65. The molecule has 2 aliphatic rings. The molecule has 2 amide bonds. The van der Waals surface area contributed by atoms with Crippen LogP contribution >= 0.6 is 11.6 Å². The Morgan fingerprint density at radius 2 is 1.72 bits per heavy atom. The number of benzene rings is 2. The first-order valence-corrected chi connectivity index (χ1v) is 11.5. The zero-order valence-electron chi connectivity index (χ0n) is 15.8. The second-order valence-electron chi connectivity index (χ2n) is 7.46. The van der Waals surface area contributed by atoms with Crippen molar-refractivity contribution < 1.29 is 18.0 Å². The summed E-state index contributed by atoms with van der Waals surface area (Å²) in [6.45, 7) is 0.574. The normalized spacial score (nSPS) is 20.2. The average Bonchev–Trinajstić information content (AvgIpc) is 2.87. The van der Waals surface area contributed by atoms with E-state index in [0.717, 1.165) is 5.56 Å². The molecule has 2 fully saturated rings. The van der Waals surface area contributed by atoms with Crippen LogP contribution in [0.4, 0.5) is 5.69 Å². The highest BCUT2D eigenvalue weighted by molar-refractivity contribution is 7.94. The van der Waals surface area contributed by atoms with E-state index in [0.29, 0.717) is 10.7 Å². The maximum Gasteiger partial charge on any atom is 0.243 e. The Morgan fingerprint density at radius 1 is 1.03 bits per heavy atom. The number of piperidine rings is 1. The van der Waals surface area contributed by atoms with Crippen LogP contribution in [0, 0.1) is 0 Å². The molecule has 4 rings (SSSR count). The van der Waals surface area contributed by atoms with Gasteiger partial charge in [0.25, 0.3) is 0 Å². The Hall–Kier alpha value is -2.38. The highest BCUT2D eigenvalue weighted by Gasteiger charge is 2.59. The molecular weight excluding hydrogens is 412 g/mol. The number of nitrogens with zero attached hydrogens (tertiary/aromatic N) is 2. The van der Waals surface area contributed by atoms with Crippen molar-refractivity contribution in [1.82, 2.24) is 4.90 Å². The summed E-state index contributed by atoms with van der Waals surface area (Å²) in [4.78, 5) is 27.1. The van der Waals surface area contributed by atoms with Crippen molar-refractivity contribution >= 4 is 38.9 Å². The predicted octanol–water partition coefficient (Wildman–Crippen LogP) is 2.66. The SMILES string of the molecule is O=C(Cc1cccc(Cl)c1)N1CCC2(CC1)N(c1ccccc1)C(=O)CS2(=O)=O. The lowest BCUT2D eigenvalue weighted by Gasteiger charge is -2.43. The molecule has 2 aromatic carbocycles. The van der Waals surface area contributed by atoms with Crippen LogP contribution in [0.2, 0.25) is 5.02 Å². The van der Waals surface area contributed by atoms with Crippen molar-refractivity contribution in [3.63, 3.8) is 0 Å². The molecule has 0 atom stereocenters. The van der Waals surface area contributed by atoms with Gasteiger partial charge in [-0.25, -0.2) is 8.42 Å². The summed E-state index contributed by atoms with van der Waals surface area (Å²) in [5.74, 6) is -0.969. The number of para-hydroxylation sites is 1. The molecule has 2 heterocycles. The minimum Gasteiger partial charge on any atom is -0.342 e. The molecule has 2 aromatic rings. The summed E-state index contributed by atoms with van der Waals surface area (Å²) in [6.07, 6.45) is 0.621. The van der Waals surface area contributed by atoms with Crippen molar-refractivity contribution in [2.24, 2.45) is 0 Å². The number of likely N-dealkylation sites (tertiary alicyclic amines) is 1. The molecule has 2 saturated heterocycles. The van der Waals surface area contributed by atoms with Gasteiger partial charge < -0.3 is 4.90 Å². The number of hydrogen-bond donors (Lipinski definition) is 0. The lowest BCUT2D eigenvalue weighted by molar-refractivity contribution is -0.131. The molecule has 8 heteroatoms. The van der Waals surface area contributed by atoms with Crippen molar-refractivity contribution in [1.29, 1.82) is 0 Å². The zero-order valence-corrected chi connectivity index (χ0v) is 17.3. The van der Waals surface area contributed by atoms with E-state index in [4.69, 9.17) is 11.6 Å². The monoisotopic (exact) mass is 432 g/mol. The number of halogens is 1. The average molecular weight is 433 g/mol. The fourth-order valence-corrected chi connectivity index (χ4v) is 6.48. The van der Waals surface area contributed by atoms with Gasteiger partial charge in [0.05, 0.1) is 6.42 Å². The molecule has 0 saturated carbocycles. The summed E-state index contributed by atoms with van der Waals surface area (Å²) in [5.41, 5.74) is 1.40. The van der Waals surface area contributed by atoms with E-state index in [9.17, 15) is 18.0 Å². The van der Waals surface area contributed by atoms with Crippen molar-refractivity contribution in [3.8, 4) is 0 Å². The number of carbonyl (C=O) groups excluding carboxylic acids is 2. The summed E-state index contributed by atoms with van der Waals surface area (Å²) in [6, 6.07) is 16.0. The van der Waals surface area contributed by atoms with Crippen LogP contribution in [0.1, 0.15) is 18.4 Å². The molecule has 0 aliphatic carbocycles. The zero-order chi connectivity index (χ0) is 20.6. The van der Waals surface area contributed by atoms with Crippen LogP contribution in [0.5, 0.6) is 0 Å². The van der Waals surface area contributed by atoms with Crippen molar-refractivity contribution in [3.05, 3.63) is 65.2 Å². The van der Waals surface area contributed by atoms with Crippen LogP contribution in [0.15, 0.2) is 54.6 Å². The third kappa shape index (κ3) is 3.53. The maximum atomic E-state index is 13.0. The molecule has 0 aromatic heterocycles. The Kier molecular flexibility index (Phi) is 5.12. The predicted molar refractivity (Wildman–Crippen MR) is 111 cm³/mol. The standard InChI is InChI=1S/C21H21ClN2O4S/c22-17-6-4-5-16(13-17)14-19(25)23-11-9-21(10-12-23)24(18-7-2-1-3-8-18)20(26)15-29(21,27)28/h1-8,13H,9-12,14-15H2. The quantitative estimate of drug-likeness (QED) is 0.747. The number of amides is 2. The van der Waals surface area contributed by atoms with Gasteiger partial charge >= 0.3 is 0 Å². The van der Waals surface area contributed by atoms with E-state index in [1.165, 1.54) is 4.90 Å². The lowest BCUT2D eigenvalue weighted by atomic mass is 10.00. The molecule has 29 heavy (non-hydrogen) atoms. The molecule has 0 bridgehead atoms. The lowest BCUT2D eigenvalue weighted by Crippen LogP contribution is -2.57. The van der Waals surface area contributed by atoms with Gasteiger partial charge in [-0.15, -0.1) is 0 Å². The highest BCUT2D eigenvalue weighted by Crippen LogP contribution is 2.42.